The van der Waals surface area contributed by atoms with Gasteiger partial charge < -0.3 is 9.47 Å². The van der Waals surface area contributed by atoms with Crippen molar-refractivity contribution in [3.05, 3.63) is 24.3 Å². The van der Waals surface area contributed by atoms with Crippen LogP contribution < -0.4 is 9.47 Å². The molecular formula is C12H20O2Si. The maximum absolute atomic E-state index is 5.71. The van der Waals surface area contributed by atoms with Crippen molar-refractivity contribution in [2.45, 2.75) is 25.7 Å². The zero-order valence-electron chi connectivity index (χ0n) is 10.0. The summed E-state index contributed by atoms with van der Waals surface area (Å²) in [6.45, 7) is 7.83. The van der Waals surface area contributed by atoms with Crippen LogP contribution in [0.1, 0.15) is 0 Å². The van der Waals surface area contributed by atoms with Gasteiger partial charge in [0.1, 0.15) is 0 Å². The number of para-hydroxylation sites is 2. The van der Waals surface area contributed by atoms with Gasteiger partial charge in [-0.25, -0.2) is 0 Å². The van der Waals surface area contributed by atoms with Gasteiger partial charge >= 0.3 is 0 Å². The third-order valence-electron chi connectivity index (χ3n) is 2.18. The Morgan fingerprint density at radius 2 is 1.67 bits per heavy atom. The molecule has 0 N–H and O–H groups in total. The van der Waals surface area contributed by atoms with Gasteiger partial charge in [0.05, 0.1) is 13.7 Å². The summed E-state index contributed by atoms with van der Waals surface area (Å²) in [6.07, 6.45) is 0. The van der Waals surface area contributed by atoms with E-state index < -0.39 is 8.07 Å². The van der Waals surface area contributed by atoms with Crippen LogP contribution in [0.3, 0.4) is 0 Å². The van der Waals surface area contributed by atoms with E-state index in [1.807, 2.05) is 24.3 Å². The first-order valence-electron chi connectivity index (χ1n) is 5.29. The van der Waals surface area contributed by atoms with Gasteiger partial charge in [-0.05, 0) is 18.2 Å². The molecule has 84 valence electrons. The monoisotopic (exact) mass is 224 g/mol. The lowest BCUT2D eigenvalue weighted by Gasteiger charge is -2.16. The van der Waals surface area contributed by atoms with Gasteiger partial charge in [0.2, 0.25) is 0 Å². The normalized spacial score (nSPS) is 11.2. The lowest BCUT2D eigenvalue weighted by atomic mass is 10.3. The Bertz CT molecular complexity index is 305. The number of hydrogen-bond donors (Lipinski definition) is 0. The second-order valence-corrected chi connectivity index (χ2v) is 10.4. The summed E-state index contributed by atoms with van der Waals surface area (Å²) in [7, 11) is 0.663. The Morgan fingerprint density at radius 1 is 1.07 bits per heavy atom. The molecule has 1 rings (SSSR count). The molecule has 1 aromatic rings. The average Bonchev–Trinajstić information content (AvgIpc) is 2.16. The smallest absolute Gasteiger partial charge is 0.161 e. The van der Waals surface area contributed by atoms with Gasteiger partial charge in [0.25, 0.3) is 0 Å². The fourth-order valence-electron chi connectivity index (χ4n) is 1.21. The quantitative estimate of drug-likeness (QED) is 0.714. The zero-order chi connectivity index (χ0) is 11.3. The molecule has 0 spiro atoms. The molecule has 0 radical (unpaired) electrons. The minimum absolute atomic E-state index is 0.788. The highest BCUT2D eigenvalue weighted by molar-refractivity contribution is 6.76. The molecule has 0 unspecified atom stereocenters. The molecule has 0 heterocycles. The lowest BCUT2D eigenvalue weighted by Crippen LogP contribution is -2.22. The van der Waals surface area contributed by atoms with Crippen molar-refractivity contribution in [3.63, 3.8) is 0 Å². The minimum atomic E-state index is -1.00. The van der Waals surface area contributed by atoms with E-state index in [1.54, 1.807) is 7.11 Å². The van der Waals surface area contributed by atoms with E-state index in [2.05, 4.69) is 19.6 Å². The van der Waals surface area contributed by atoms with E-state index in [0.717, 1.165) is 18.1 Å². The Balaban J connectivity index is 2.50. The highest BCUT2D eigenvalue weighted by Crippen LogP contribution is 2.26. The summed E-state index contributed by atoms with van der Waals surface area (Å²) in [5.74, 6) is 1.66. The van der Waals surface area contributed by atoms with Crippen molar-refractivity contribution >= 4 is 8.07 Å². The van der Waals surface area contributed by atoms with Crippen LogP contribution in [0.4, 0.5) is 0 Å². The summed E-state index contributed by atoms with van der Waals surface area (Å²) in [5, 5.41) is 0. The number of hydrogen-bond acceptors (Lipinski definition) is 2. The predicted octanol–water partition coefficient (Wildman–Crippen LogP) is 3.41. The van der Waals surface area contributed by atoms with E-state index in [0.29, 0.717) is 0 Å². The van der Waals surface area contributed by atoms with Gasteiger partial charge in [0, 0.05) is 8.07 Å². The van der Waals surface area contributed by atoms with E-state index in [9.17, 15) is 0 Å². The Labute approximate surface area is 93.2 Å². The summed E-state index contributed by atoms with van der Waals surface area (Å²) in [6, 6.07) is 8.95. The molecule has 0 saturated carbocycles. The Hall–Kier alpha value is -0.963. The van der Waals surface area contributed by atoms with E-state index >= 15 is 0 Å². The van der Waals surface area contributed by atoms with Gasteiger partial charge in [-0.15, -0.1) is 0 Å². The van der Waals surface area contributed by atoms with Gasteiger partial charge in [-0.2, -0.15) is 0 Å². The summed E-state index contributed by atoms with van der Waals surface area (Å²) in [5.41, 5.74) is 0. The third kappa shape index (κ3) is 4.38. The number of ether oxygens (including phenoxy) is 2. The fraction of sp³-hybridized carbons (Fsp3) is 0.500. The molecule has 2 nitrogen and oxygen atoms in total. The molecule has 0 saturated heterocycles. The highest BCUT2D eigenvalue weighted by atomic mass is 28.3. The van der Waals surface area contributed by atoms with Crippen LogP contribution in [0.5, 0.6) is 11.5 Å². The van der Waals surface area contributed by atoms with Crippen molar-refractivity contribution < 1.29 is 9.47 Å². The molecule has 0 fully saturated rings. The molecule has 0 aliphatic carbocycles. The van der Waals surface area contributed by atoms with Crippen molar-refractivity contribution in [1.29, 1.82) is 0 Å². The highest BCUT2D eigenvalue weighted by Gasteiger charge is 2.13. The number of rotatable bonds is 5. The molecule has 15 heavy (non-hydrogen) atoms. The Morgan fingerprint density at radius 3 is 2.20 bits per heavy atom. The SMILES string of the molecule is COc1ccccc1OCC[Si](C)(C)C. The van der Waals surface area contributed by atoms with Crippen LogP contribution in [0.25, 0.3) is 0 Å². The van der Waals surface area contributed by atoms with E-state index in [4.69, 9.17) is 9.47 Å². The van der Waals surface area contributed by atoms with Crippen LogP contribution in [0.15, 0.2) is 24.3 Å². The standard InChI is InChI=1S/C12H20O2Si/c1-13-11-7-5-6-8-12(11)14-9-10-15(2,3)4/h5-8H,9-10H2,1-4H3. The average molecular weight is 224 g/mol. The molecule has 0 amide bonds. The van der Waals surface area contributed by atoms with E-state index in [1.165, 1.54) is 6.04 Å². The molecule has 0 bridgehead atoms. The van der Waals surface area contributed by atoms with Crippen LogP contribution in [0, 0.1) is 0 Å². The topological polar surface area (TPSA) is 18.5 Å². The molecule has 0 atom stereocenters. The van der Waals surface area contributed by atoms with Crippen LogP contribution >= 0.6 is 0 Å². The molecule has 0 aliphatic heterocycles. The third-order valence-corrected chi connectivity index (χ3v) is 3.88. The molecular weight excluding hydrogens is 204 g/mol. The van der Waals surface area contributed by atoms with Gasteiger partial charge in [-0.3, -0.25) is 0 Å². The minimum Gasteiger partial charge on any atom is -0.493 e. The molecule has 1 aromatic carbocycles. The second-order valence-electron chi connectivity index (χ2n) is 4.81. The first-order chi connectivity index (χ1) is 7.03. The second kappa shape index (κ2) is 5.21. The Kier molecular flexibility index (Phi) is 4.21. The first-order valence-corrected chi connectivity index (χ1v) is 8.99. The van der Waals surface area contributed by atoms with Crippen molar-refractivity contribution in [1.82, 2.24) is 0 Å². The van der Waals surface area contributed by atoms with Crippen LogP contribution in [0.2, 0.25) is 25.7 Å². The summed E-state index contributed by atoms with van der Waals surface area (Å²) < 4.78 is 10.9. The van der Waals surface area contributed by atoms with Crippen molar-refractivity contribution in [3.8, 4) is 11.5 Å². The maximum atomic E-state index is 5.71. The zero-order valence-corrected chi connectivity index (χ0v) is 11.0. The van der Waals surface area contributed by atoms with E-state index in [-0.39, 0.29) is 0 Å². The lowest BCUT2D eigenvalue weighted by molar-refractivity contribution is 0.309. The molecule has 0 aliphatic rings. The van der Waals surface area contributed by atoms with Crippen LogP contribution in [-0.4, -0.2) is 21.8 Å². The predicted molar refractivity (Wildman–Crippen MR) is 66.6 cm³/mol. The van der Waals surface area contributed by atoms with Crippen molar-refractivity contribution in [2.75, 3.05) is 13.7 Å². The van der Waals surface area contributed by atoms with Crippen LogP contribution in [-0.2, 0) is 0 Å². The first kappa shape index (κ1) is 12.1. The number of benzene rings is 1. The fourth-order valence-corrected chi connectivity index (χ4v) is 1.92. The van der Waals surface area contributed by atoms with Gasteiger partial charge in [0.15, 0.2) is 11.5 Å². The largest absolute Gasteiger partial charge is 0.493 e. The molecule has 0 aromatic heterocycles. The molecule has 3 heteroatoms. The van der Waals surface area contributed by atoms with Crippen molar-refractivity contribution in [2.24, 2.45) is 0 Å². The summed E-state index contributed by atoms with van der Waals surface area (Å²) >= 11 is 0. The number of methoxy groups -OCH3 is 1. The summed E-state index contributed by atoms with van der Waals surface area (Å²) in [4.78, 5) is 0. The maximum Gasteiger partial charge on any atom is 0.161 e. The van der Waals surface area contributed by atoms with Gasteiger partial charge in [-0.1, -0.05) is 31.8 Å².